The van der Waals surface area contributed by atoms with Crippen LogP contribution < -0.4 is 10.6 Å². The van der Waals surface area contributed by atoms with E-state index in [1.807, 2.05) is 0 Å². The van der Waals surface area contributed by atoms with Crippen LogP contribution in [0.4, 0.5) is 5.82 Å². The van der Waals surface area contributed by atoms with Crippen LogP contribution in [-0.4, -0.2) is 99.7 Å². The second-order valence-corrected chi connectivity index (χ2v) is 8.43. The van der Waals surface area contributed by atoms with Crippen LogP contribution >= 0.6 is 0 Å². The molecule has 6 N–H and O–H groups in total. The van der Waals surface area contributed by atoms with E-state index >= 15 is 0 Å². The highest BCUT2D eigenvalue weighted by Crippen LogP contribution is 2.33. The molecule has 1 saturated heterocycles. The first-order chi connectivity index (χ1) is 16.4. The summed E-state index contributed by atoms with van der Waals surface area (Å²) in [6.07, 6.45) is 1.36. The van der Waals surface area contributed by atoms with Crippen LogP contribution in [0.5, 0.6) is 0 Å². The number of hydrogen-bond donors (Lipinski definition) is 6. The lowest BCUT2D eigenvalue weighted by Gasteiger charge is -2.19. The Morgan fingerprint density at radius 2 is 2.06 bits per heavy atom. The number of ether oxygens (including phenoxy) is 1. The summed E-state index contributed by atoms with van der Waals surface area (Å²) >= 11 is 0. The Balaban J connectivity index is 1.60. The Morgan fingerprint density at radius 3 is 2.74 bits per heavy atom. The first-order valence-electron chi connectivity index (χ1n) is 11.0. The predicted molar refractivity (Wildman–Crippen MR) is 116 cm³/mol. The zero-order valence-electron chi connectivity index (χ0n) is 18.3. The molecule has 1 aliphatic carbocycles. The van der Waals surface area contributed by atoms with Crippen LogP contribution in [0.15, 0.2) is 18.7 Å². The summed E-state index contributed by atoms with van der Waals surface area (Å²) in [6, 6.07) is -0.232. The molecule has 14 heteroatoms. The number of carbonyl (C=O) groups excluding carboxylic acids is 1. The van der Waals surface area contributed by atoms with Crippen LogP contribution in [0.25, 0.3) is 17.1 Å². The van der Waals surface area contributed by atoms with Gasteiger partial charge in [0.2, 0.25) is 0 Å². The van der Waals surface area contributed by atoms with Crippen molar-refractivity contribution in [1.29, 1.82) is 0 Å². The molecule has 2 aliphatic rings. The molecular weight excluding hydrogens is 448 g/mol. The monoisotopic (exact) mass is 474 g/mol. The van der Waals surface area contributed by atoms with Crippen LogP contribution in [0.3, 0.4) is 0 Å². The van der Waals surface area contributed by atoms with E-state index in [1.165, 1.54) is 35.0 Å². The molecule has 1 saturated carbocycles. The van der Waals surface area contributed by atoms with Gasteiger partial charge in [0.25, 0.3) is 11.9 Å². The molecule has 0 aromatic carbocycles. The second-order valence-electron chi connectivity index (χ2n) is 8.43. The number of carbonyl (C=O) groups is 1. The smallest absolute Gasteiger partial charge is 0.254 e. The number of amides is 1. The molecule has 0 radical (unpaired) electrons. The predicted octanol–water partition coefficient (Wildman–Crippen LogP) is -1.69. The summed E-state index contributed by atoms with van der Waals surface area (Å²) in [6.45, 7) is -0.469. The zero-order valence-corrected chi connectivity index (χ0v) is 18.3. The molecule has 1 aliphatic heterocycles. The van der Waals surface area contributed by atoms with E-state index in [0.29, 0.717) is 23.3 Å². The Hall–Kier alpha value is -3.17. The number of nitrogens with zero attached hydrogens (tertiary/aromatic N) is 6. The lowest BCUT2D eigenvalue weighted by molar-refractivity contribution is -0.0511. The van der Waals surface area contributed by atoms with Crippen molar-refractivity contribution < 1.29 is 30.0 Å². The fraction of sp³-hybridized carbons (Fsp3) is 0.550. The van der Waals surface area contributed by atoms with Crippen LogP contribution in [0.2, 0.25) is 0 Å². The summed E-state index contributed by atoms with van der Waals surface area (Å²) in [5, 5.41) is 50.4. The molecule has 3 aromatic rings. The second kappa shape index (κ2) is 8.88. The van der Waals surface area contributed by atoms with E-state index < -0.39 is 37.3 Å². The summed E-state index contributed by atoms with van der Waals surface area (Å²) in [5.74, 6) is 0.135. The number of aromatic nitrogens is 6. The summed E-state index contributed by atoms with van der Waals surface area (Å²) in [5.41, 5.74) is 0.940. The van der Waals surface area contributed by atoms with E-state index in [9.17, 15) is 25.2 Å². The van der Waals surface area contributed by atoms with Crippen molar-refractivity contribution in [1.82, 2.24) is 34.6 Å². The third-order valence-corrected chi connectivity index (χ3v) is 6.28. The Kier molecular flexibility index (Phi) is 5.91. The number of imidazole rings is 1. The van der Waals surface area contributed by atoms with Gasteiger partial charge in [-0.05, 0) is 19.3 Å². The maximum Gasteiger partial charge on any atom is 0.254 e. The summed E-state index contributed by atoms with van der Waals surface area (Å²) in [7, 11) is 1.51. The van der Waals surface area contributed by atoms with E-state index in [4.69, 9.17) is 4.74 Å². The molecule has 4 heterocycles. The van der Waals surface area contributed by atoms with E-state index in [-0.39, 0.29) is 23.5 Å². The minimum atomic E-state index is -1.33. The molecular formula is C20H26N8O6. The van der Waals surface area contributed by atoms with Crippen molar-refractivity contribution in [2.75, 3.05) is 19.0 Å². The third kappa shape index (κ3) is 3.78. The van der Waals surface area contributed by atoms with Gasteiger partial charge in [-0.3, -0.25) is 9.36 Å². The minimum Gasteiger partial charge on any atom is -0.394 e. The number of fused-ring (bicyclic) bond motifs is 1. The number of aliphatic hydroxyl groups is 4. The van der Waals surface area contributed by atoms with Crippen LogP contribution in [0.1, 0.15) is 35.8 Å². The number of hydrogen-bond acceptors (Lipinski definition) is 11. The van der Waals surface area contributed by atoms with Gasteiger partial charge in [-0.25, -0.2) is 9.67 Å². The zero-order chi connectivity index (χ0) is 24.0. The van der Waals surface area contributed by atoms with Crippen molar-refractivity contribution in [2.45, 2.75) is 55.9 Å². The molecule has 34 heavy (non-hydrogen) atoms. The lowest BCUT2D eigenvalue weighted by Crippen LogP contribution is -2.33. The van der Waals surface area contributed by atoms with Gasteiger partial charge < -0.3 is 35.8 Å². The van der Waals surface area contributed by atoms with Gasteiger partial charge in [-0.2, -0.15) is 15.1 Å². The topological polar surface area (TPSA) is 193 Å². The van der Waals surface area contributed by atoms with Crippen molar-refractivity contribution in [2.24, 2.45) is 0 Å². The quantitative estimate of drug-likeness (QED) is 0.239. The molecule has 6 atom stereocenters. The first-order valence-corrected chi connectivity index (χ1v) is 11.0. The van der Waals surface area contributed by atoms with Crippen molar-refractivity contribution >= 4 is 22.9 Å². The Morgan fingerprint density at radius 1 is 1.24 bits per heavy atom. The normalized spacial score (nSPS) is 29.1. The molecule has 0 spiro atoms. The van der Waals surface area contributed by atoms with E-state index in [0.717, 1.165) is 12.8 Å². The SMILES string of the molecule is CNC(=O)c1cnn(-c2nc(N[C@@H]3CCC[C@H]3O)c3ncn([C@@H]4O[C@H](CO)C(O)C4O)c3n2)c1. The highest BCUT2D eigenvalue weighted by molar-refractivity contribution is 5.93. The average molecular weight is 474 g/mol. The molecule has 1 amide bonds. The highest BCUT2D eigenvalue weighted by atomic mass is 16.6. The summed E-state index contributed by atoms with van der Waals surface area (Å²) < 4.78 is 8.43. The number of rotatable bonds is 6. The Labute approximate surface area is 193 Å². The first kappa shape index (κ1) is 22.6. The van der Waals surface area contributed by atoms with Gasteiger partial charge in [-0.1, -0.05) is 0 Å². The van der Waals surface area contributed by atoms with Crippen molar-refractivity contribution in [3.8, 4) is 5.95 Å². The molecule has 3 aromatic heterocycles. The molecule has 2 fully saturated rings. The fourth-order valence-electron chi connectivity index (χ4n) is 4.38. The van der Waals surface area contributed by atoms with Crippen LogP contribution in [-0.2, 0) is 4.74 Å². The standard InChI is InChI=1S/C20H26N8O6/c1-21-18(33)9-5-23-28(6-9)20-25-16(24-10-3-2-4-11(10)30)13-17(26-20)27(8-22-13)19-15(32)14(31)12(7-29)34-19/h5-6,8,10-12,14-15,19,29-32H,2-4,7H2,1H3,(H,21,33)(H,24,25,26)/t10-,11-,12-,14?,15?,19-/m1/s1. The van der Waals surface area contributed by atoms with E-state index in [1.54, 1.807) is 0 Å². The van der Waals surface area contributed by atoms with Crippen molar-refractivity contribution in [3.63, 3.8) is 0 Å². The van der Waals surface area contributed by atoms with Gasteiger partial charge in [0.15, 0.2) is 23.2 Å². The number of nitrogens with one attached hydrogen (secondary N) is 2. The van der Waals surface area contributed by atoms with Gasteiger partial charge >= 0.3 is 0 Å². The van der Waals surface area contributed by atoms with Gasteiger partial charge in [-0.15, -0.1) is 0 Å². The van der Waals surface area contributed by atoms with E-state index in [2.05, 4.69) is 30.7 Å². The Bertz CT molecular complexity index is 1200. The van der Waals surface area contributed by atoms with Gasteiger partial charge in [0.05, 0.1) is 36.8 Å². The molecule has 0 bridgehead atoms. The van der Waals surface area contributed by atoms with Gasteiger partial charge in [0, 0.05) is 13.2 Å². The largest absolute Gasteiger partial charge is 0.394 e. The molecule has 2 unspecified atom stereocenters. The van der Waals surface area contributed by atoms with Crippen LogP contribution in [0, 0.1) is 0 Å². The molecule has 14 nitrogen and oxygen atoms in total. The number of aliphatic hydroxyl groups excluding tert-OH is 4. The molecule has 5 rings (SSSR count). The lowest BCUT2D eigenvalue weighted by atomic mass is 10.1. The highest BCUT2D eigenvalue weighted by Gasteiger charge is 2.44. The molecule has 182 valence electrons. The minimum absolute atomic E-state index is 0.117. The maximum absolute atomic E-state index is 12.0. The average Bonchev–Trinajstić information content (AvgIpc) is 3.62. The number of anilines is 1. The fourth-order valence-corrected chi connectivity index (χ4v) is 4.38. The van der Waals surface area contributed by atoms with Crippen molar-refractivity contribution in [3.05, 3.63) is 24.3 Å². The maximum atomic E-state index is 12.0. The van der Waals surface area contributed by atoms with Gasteiger partial charge in [0.1, 0.15) is 18.3 Å². The summed E-state index contributed by atoms with van der Waals surface area (Å²) in [4.78, 5) is 25.4. The third-order valence-electron chi connectivity index (χ3n) is 6.28.